The first kappa shape index (κ1) is 17.6. The molecule has 0 saturated carbocycles. The average Bonchev–Trinajstić information content (AvgIpc) is 3.04. The van der Waals surface area contributed by atoms with Crippen molar-refractivity contribution in [3.8, 4) is 17.4 Å². The quantitative estimate of drug-likeness (QED) is 0.657. The normalized spacial score (nSPS) is 12.1. The van der Waals surface area contributed by atoms with E-state index in [0.29, 0.717) is 22.9 Å². The number of hydrogen-bond donors (Lipinski definition) is 0. The van der Waals surface area contributed by atoms with Crippen molar-refractivity contribution in [1.82, 2.24) is 24.3 Å². The fraction of sp³-hybridized carbons (Fsp3) is 0.400. The second kappa shape index (κ2) is 6.25. The number of aromatic nitrogens is 5. The summed E-state index contributed by atoms with van der Waals surface area (Å²) in [6.45, 7) is 2.00. The lowest BCUT2D eigenvalue weighted by Crippen LogP contribution is -2.07. The Morgan fingerprint density at radius 3 is 2.60 bits per heavy atom. The molecule has 3 rings (SSSR count). The van der Waals surface area contributed by atoms with E-state index in [-0.39, 0.29) is 5.52 Å². The Kier molecular flexibility index (Phi) is 4.40. The lowest BCUT2D eigenvalue weighted by atomic mass is 10.3. The molecule has 0 bridgehead atoms. The number of alkyl halides is 3. The van der Waals surface area contributed by atoms with Gasteiger partial charge in [-0.05, 0) is 11.8 Å². The van der Waals surface area contributed by atoms with Crippen LogP contribution in [0.4, 0.5) is 13.2 Å². The molecule has 0 radical (unpaired) electrons. The number of nitrogens with zero attached hydrogens (tertiary/aromatic N) is 5. The molecule has 25 heavy (non-hydrogen) atoms. The summed E-state index contributed by atoms with van der Waals surface area (Å²) in [5.74, 6) is 1.84. The van der Waals surface area contributed by atoms with E-state index in [1.807, 2.05) is 6.92 Å². The van der Waals surface area contributed by atoms with Gasteiger partial charge in [-0.2, -0.15) is 18.3 Å². The highest BCUT2D eigenvalue weighted by Crippen LogP contribution is 2.38. The summed E-state index contributed by atoms with van der Waals surface area (Å²) >= 11 is 1.54. The van der Waals surface area contributed by atoms with E-state index < -0.39 is 11.9 Å². The third kappa shape index (κ3) is 2.94. The molecule has 0 aliphatic heterocycles. The summed E-state index contributed by atoms with van der Waals surface area (Å²) in [7, 11) is 5.02. The highest BCUT2D eigenvalue weighted by atomic mass is 32.2. The van der Waals surface area contributed by atoms with E-state index in [1.165, 1.54) is 18.0 Å². The second-order valence-corrected chi connectivity index (χ2v) is 6.57. The van der Waals surface area contributed by atoms with Crippen LogP contribution in [0.15, 0.2) is 17.2 Å². The van der Waals surface area contributed by atoms with Crippen molar-refractivity contribution >= 4 is 22.8 Å². The zero-order valence-corrected chi connectivity index (χ0v) is 14.9. The van der Waals surface area contributed by atoms with Gasteiger partial charge in [0, 0.05) is 14.1 Å². The molecule has 134 valence electrons. The highest BCUT2D eigenvalue weighted by Gasteiger charge is 2.33. The van der Waals surface area contributed by atoms with E-state index in [1.54, 1.807) is 30.5 Å². The van der Waals surface area contributed by atoms with E-state index in [2.05, 4.69) is 15.1 Å². The zero-order valence-electron chi connectivity index (χ0n) is 14.0. The number of fused-ring (bicyclic) bond motifs is 1. The Morgan fingerprint density at radius 1 is 1.28 bits per heavy atom. The number of imidazole rings is 1. The van der Waals surface area contributed by atoms with Gasteiger partial charge < -0.3 is 9.30 Å². The minimum atomic E-state index is -4.51. The highest BCUT2D eigenvalue weighted by molar-refractivity contribution is 7.99. The molecular weight excluding hydrogens is 355 g/mol. The van der Waals surface area contributed by atoms with Gasteiger partial charge in [0.15, 0.2) is 5.82 Å². The summed E-state index contributed by atoms with van der Waals surface area (Å²) in [5, 5.41) is 4.44. The minimum absolute atomic E-state index is 0.219. The van der Waals surface area contributed by atoms with Crippen LogP contribution < -0.4 is 4.74 Å². The van der Waals surface area contributed by atoms with Crippen LogP contribution >= 0.6 is 11.8 Å². The molecule has 0 amide bonds. The van der Waals surface area contributed by atoms with Crippen LogP contribution in [-0.2, 0) is 20.3 Å². The van der Waals surface area contributed by atoms with Crippen molar-refractivity contribution in [1.29, 1.82) is 0 Å². The molecule has 0 aliphatic rings. The topological polar surface area (TPSA) is 57.8 Å². The van der Waals surface area contributed by atoms with E-state index in [4.69, 9.17) is 4.74 Å². The molecule has 10 heteroatoms. The van der Waals surface area contributed by atoms with Gasteiger partial charge in [0.2, 0.25) is 5.88 Å². The number of halogens is 3. The molecule has 0 fully saturated rings. The average molecular weight is 371 g/mol. The number of hydrogen-bond acceptors (Lipinski definition) is 5. The molecule has 6 nitrogen and oxygen atoms in total. The molecule has 0 atom stereocenters. The van der Waals surface area contributed by atoms with E-state index in [9.17, 15) is 13.2 Å². The number of rotatable bonds is 4. The summed E-state index contributed by atoms with van der Waals surface area (Å²) in [6.07, 6.45) is -3.33. The fourth-order valence-corrected chi connectivity index (χ4v) is 3.49. The SMILES string of the molecule is CCSc1c(-c2nc3cc(C(F)(F)F)ncc3n2C)nn(C)c1OC. The Morgan fingerprint density at radius 2 is 2.00 bits per heavy atom. The predicted molar refractivity (Wildman–Crippen MR) is 88.7 cm³/mol. The summed E-state index contributed by atoms with van der Waals surface area (Å²) < 4.78 is 47.3. The third-order valence-electron chi connectivity index (χ3n) is 3.70. The molecule has 0 unspecified atom stereocenters. The summed E-state index contributed by atoms with van der Waals surface area (Å²) in [5.41, 5.74) is 0.321. The van der Waals surface area contributed by atoms with Crippen molar-refractivity contribution in [2.75, 3.05) is 12.9 Å². The molecule has 0 N–H and O–H groups in total. The molecule has 0 spiro atoms. The Bertz CT molecular complexity index is 932. The lowest BCUT2D eigenvalue weighted by Gasteiger charge is -2.05. The van der Waals surface area contributed by atoms with E-state index >= 15 is 0 Å². The van der Waals surface area contributed by atoms with Gasteiger partial charge in [0.25, 0.3) is 0 Å². The second-order valence-electron chi connectivity index (χ2n) is 5.29. The first-order valence-corrected chi connectivity index (χ1v) is 8.40. The number of pyridine rings is 1. The van der Waals surface area contributed by atoms with E-state index in [0.717, 1.165) is 16.7 Å². The van der Waals surface area contributed by atoms with Gasteiger partial charge in [-0.15, -0.1) is 11.8 Å². The number of methoxy groups -OCH3 is 1. The number of ether oxygens (including phenoxy) is 1. The lowest BCUT2D eigenvalue weighted by molar-refractivity contribution is -0.141. The van der Waals surface area contributed by atoms with Crippen LogP contribution in [0.25, 0.3) is 22.6 Å². The standard InChI is InChI=1S/C15H16F3N5OS/c1-5-25-12-11(21-23(3)14(12)24-4)13-20-8-6-10(15(16,17)18)19-7-9(8)22(13)2/h6-7H,5H2,1-4H3. The van der Waals surface area contributed by atoms with Crippen molar-refractivity contribution < 1.29 is 17.9 Å². The van der Waals surface area contributed by atoms with Gasteiger partial charge in [-0.25, -0.2) is 14.6 Å². The largest absolute Gasteiger partial charge is 0.480 e. The van der Waals surface area contributed by atoms with Gasteiger partial charge in [-0.1, -0.05) is 6.92 Å². The summed E-state index contributed by atoms with van der Waals surface area (Å²) in [6, 6.07) is 0.950. The first-order valence-electron chi connectivity index (χ1n) is 7.41. The Labute approximate surface area is 146 Å². The Balaban J connectivity index is 2.21. The third-order valence-corrected chi connectivity index (χ3v) is 4.65. The zero-order chi connectivity index (χ0) is 18.4. The van der Waals surface area contributed by atoms with Crippen LogP contribution in [0.1, 0.15) is 12.6 Å². The molecule has 0 saturated heterocycles. The molecule has 3 aromatic heterocycles. The maximum atomic E-state index is 12.9. The van der Waals surface area contributed by atoms with Crippen molar-refractivity contribution in [2.45, 2.75) is 18.0 Å². The maximum absolute atomic E-state index is 12.9. The first-order chi connectivity index (χ1) is 11.8. The monoisotopic (exact) mass is 371 g/mol. The molecule has 3 heterocycles. The van der Waals surface area contributed by atoms with Gasteiger partial charge >= 0.3 is 6.18 Å². The van der Waals surface area contributed by atoms with Crippen molar-refractivity contribution in [3.63, 3.8) is 0 Å². The van der Waals surface area contributed by atoms with Crippen molar-refractivity contribution in [2.24, 2.45) is 14.1 Å². The maximum Gasteiger partial charge on any atom is 0.433 e. The van der Waals surface area contributed by atoms with Gasteiger partial charge in [-0.3, -0.25) is 0 Å². The van der Waals surface area contributed by atoms with Crippen LogP contribution in [0.2, 0.25) is 0 Å². The van der Waals surface area contributed by atoms with Crippen molar-refractivity contribution in [3.05, 3.63) is 18.0 Å². The molecule has 3 aromatic rings. The predicted octanol–water partition coefficient (Wildman–Crippen LogP) is 3.51. The molecule has 0 aromatic carbocycles. The molecule has 0 aliphatic carbocycles. The number of thioether (sulfide) groups is 1. The van der Waals surface area contributed by atoms with Crippen LogP contribution in [-0.4, -0.2) is 37.2 Å². The van der Waals surface area contributed by atoms with Crippen LogP contribution in [0.3, 0.4) is 0 Å². The van der Waals surface area contributed by atoms with Gasteiger partial charge in [0.05, 0.1) is 24.3 Å². The fourth-order valence-electron chi connectivity index (χ4n) is 2.59. The number of aryl methyl sites for hydroxylation is 2. The Hall–Kier alpha value is -2.23. The van der Waals surface area contributed by atoms with Gasteiger partial charge in [0.1, 0.15) is 16.3 Å². The minimum Gasteiger partial charge on any atom is -0.480 e. The smallest absolute Gasteiger partial charge is 0.433 e. The summed E-state index contributed by atoms with van der Waals surface area (Å²) in [4.78, 5) is 8.67. The van der Waals surface area contributed by atoms with Crippen LogP contribution in [0.5, 0.6) is 5.88 Å². The van der Waals surface area contributed by atoms with Crippen LogP contribution in [0, 0.1) is 0 Å². The molecular formula is C15H16F3N5OS.